The molecule has 4 aromatic rings. The molecule has 4 aromatic carbocycles. The smallest absolute Gasteiger partial charge is 0.166 e. The monoisotopic (exact) mass is 342 g/mol. The lowest BCUT2D eigenvalue weighted by atomic mass is 9.98. The molecule has 0 aromatic heterocycles. The molecule has 0 fully saturated rings. The number of benzene rings is 4. The first-order chi connectivity index (χ1) is 12.7. The molecule has 0 amide bonds. The van der Waals surface area contributed by atoms with E-state index in [4.69, 9.17) is 0 Å². The summed E-state index contributed by atoms with van der Waals surface area (Å²) in [5, 5.41) is 0.984. The first kappa shape index (κ1) is 16.2. The number of rotatable bonds is 3. The van der Waals surface area contributed by atoms with Crippen LogP contribution in [0.3, 0.4) is 0 Å². The van der Waals surface area contributed by atoms with Crippen molar-refractivity contribution in [3.63, 3.8) is 0 Å². The highest BCUT2D eigenvalue weighted by atomic mass is 19.2. The number of fused-ring (bicyclic) bond motifs is 1. The van der Waals surface area contributed by atoms with Crippen molar-refractivity contribution in [3.05, 3.63) is 103 Å². The minimum absolute atomic E-state index is 0.299. The number of halogens is 2. The van der Waals surface area contributed by atoms with Crippen molar-refractivity contribution >= 4 is 16.8 Å². The molecule has 0 atom stereocenters. The van der Waals surface area contributed by atoms with E-state index < -0.39 is 11.6 Å². The maximum Gasteiger partial charge on any atom is 0.166 e. The molecule has 0 aliphatic rings. The highest BCUT2D eigenvalue weighted by molar-refractivity contribution is 5.88. The van der Waals surface area contributed by atoms with Gasteiger partial charge in [-0.2, -0.15) is 0 Å². The fraction of sp³-hybridized carbons (Fsp3) is 0. The molecular weight excluding hydrogens is 326 g/mol. The van der Waals surface area contributed by atoms with Crippen LogP contribution in [0, 0.1) is 11.6 Å². The third kappa shape index (κ3) is 2.91. The molecule has 0 spiro atoms. The van der Waals surface area contributed by atoms with Crippen LogP contribution >= 0.6 is 0 Å². The third-order valence-electron chi connectivity index (χ3n) is 4.60. The lowest BCUT2D eigenvalue weighted by Crippen LogP contribution is -1.87. The first-order valence-electron chi connectivity index (χ1n) is 8.37. The molecule has 0 N–H and O–H groups in total. The van der Waals surface area contributed by atoms with Crippen LogP contribution in [0.1, 0.15) is 5.56 Å². The van der Waals surface area contributed by atoms with E-state index in [2.05, 4.69) is 30.8 Å². The van der Waals surface area contributed by atoms with E-state index in [0.717, 1.165) is 33.9 Å². The van der Waals surface area contributed by atoms with Crippen LogP contribution in [0.15, 0.2) is 85.4 Å². The lowest BCUT2D eigenvalue weighted by molar-refractivity contribution is 0.517. The topological polar surface area (TPSA) is 0 Å². The third-order valence-corrected chi connectivity index (χ3v) is 4.60. The standard InChI is InChI=1S/C24H16F2/c1-2-16-3-5-17(6-4-16)18-7-9-19(10-8-18)20-11-13-22-21(15-20)12-14-23(25)24(22)26/h2-15H,1H2. The summed E-state index contributed by atoms with van der Waals surface area (Å²) in [6.07, 6.45) is 1.82. The molecule has 0 nitrogen and oxygen atoms in total. The van der Waals surface area contributed by atoms with Crippen molar-refractivity contribution in [2.24, 2.45) is 0 Å². The van der Waals surface area contributed by atoms with Gasteiger partial charge in [-0.15, -0.1) is 0 Å². The molecule has 26 heavy (non-hydrogen) atoms. The maximum atomic E-state index is 13.8. The summed E-state index contributed by atoms with van der Waals surface area (Å²) in [6.45, 7) is 3.77. The van der Waals surface area contributed by atoms with Gasteiger partial charge in [0.25, 0.3) is 0 Å². The van der Waals surface area contributed by atoms with E-state index in [0.29, 0.717) is 10.8 Å². The maximum absolute atomic E-state index is 13.8. The molecule has 0 radical (unpaired) electrons. The van der Waals surface area contributed by atoms with Gasteiger partial charge in [0.05, 0.1) is 0 Å². The summed E-state index contributed by atoms with van der Waals surface area (Å²) >= 11 is 0. The Bertz CT molecular complexity index is 1090. The van der Waals surface area contributed by atoms with Gasteiger partial charge in [0.15, 0.2) is 11.6 Å². The van der Waals surface area contributed by atoms with Crippen molar-refractivity contribution < 1.29 is 8.78 Å². The summed E-state index contributed by atoms with van der Waals surface area (Å²) < 4.78 is 27.2. The van der Waals surface area contributed by atoms with Crippen LogP contribution < -0.4 is 0 Å². The van der Waals surface area contributed by atoms with Crippen LogP contribution in [0.4, 0.5) is 8.78 Å². The van der Waals surface area contributed by atoms with E-state index in [1.807, 2.05) is 42.5 Å². The van der Waals surface area contributed by atoms with Gasteiger partial charge in [0.2, 0.25) is 0 Å². The Hall–Kier alpha value is -3.26. The van der Waals surface area contributed by atoms with E-state index in [1.54, 1.807) is 12.1 Å². The second kappa shape index (κ2) is 6.57. The Morgan fingerprint density at radius 3 is 1.77 bits per heavy atom. The Morgan fingerprint density at radius 2 is 1.15 bits per heavy atom. The lowest BCUT2D eigenvalue weighted by Gasteiger charge is -2.07. The van der Waals surface area contributed by atoms with Gasteiger partial charge in [0.1, 0.15) is 0 Å². The van der Waals surface area contributed by atoms with E-state index >= 15 is 0 Å². The highest BCUT2D eigenvalue weighted by Gasteiger charge is 2.08. The molecule has 0 unspecified atom stereocenters. The van der Waals surface area contributed by atoms with E-state index in [-0.39, 0.29) is 0 Å². The van der Waals surface area contributed by atoms with Crippen LogP contribution in [-0.4, -0.2) is 0 Å². The van der Waals surface area contributed by atoms with Gasteiger partial charge in [-0.1, -0.05) is 79.4 Å². The van der Waals surface area contributed by atoms with E-state index in [9.17, 15) is 8.78 Å². The summed E-state index contributed by atoms with van der Waals surface area (Å²) in [4.78, 5) is 0. The molecule has 0 aliphatic carbocycles. The van der Waals surface area contributed by atoms with Crippen LogP contribution in [0.25, 0.3) is 39.1 Å². The minimum atomic E-state index is -0.822. The van der Waals surface area contributed by atoms with Gasteiger partial charge in [-0.25, -0.2) is 8.78 Å². The van der Waals surface area contributed by atoms with Gasteiger partial charge in [-0.3, -0.25) is 0 Å². The largest absolute Gasteiger partial charge is 0.204 e. The molecule has 0 saturated carbocycles. The zero-order chi connectivity index (χ0) is 18.1. The quantitative estimate of drug-likeness (QED) is 0.373. The number of hydrogen-bond acceptors (Lipinski definition) is 0. The van der Waals surface area contributed by atoms with Crippen molar-refractivity contribution in [3.8, 4) is 22.3 Å². The van der Waals surface area contributed by atoms with Gasteiger partial charge < -0.3 is 0 Å². The van der Waals surface area contributed by atoms with Crippen LogP contribution in [0.2, 0.25) is 0 Å². The fourth-order valence-corrected chi connectivity index (χ4v) is 3.11. The molecule has 0 saturated heterocycles. The summed E-state index contributed by atoms with van der Waals surface area (Å²) in [7, 11) is 0. The second-order valence-corrected chi connectivity index (χ2v) is 6.20. The summed E-state index contributed by atoms with van der Waals surface area (Å²) in [6, 6.07) is 24.5. The summed E-state index contributed by atoms with van der Waals surface area (Å²) in [5.41, 5.74) is 5.35. The van der Waals surface area contributed by atoms with Crippen LogP contribution in [-0.2, 0) is 0 Å². The van der Waals surface area contributed by atoms with Crippen molar-refractivity contribution in [2.45, 2.75) is 0 Å². The molecule has 0 aliphatic heterocycles. The Morgan fingerprint density at radius 1 is 0.615 bits per heavy atom. The predicted molar refractivity (Wildman–Crippen MR) is 105 cm³/mol. The summed E-state index contributed by atoms with van der Waals surface area (Å²) in [5.74, 6) is -1.62. The Balaban J connectivity index is 1.69. The predicted octanol–water partition coefficient (Wildman–Crippen LogP) is 7.10. The van der Waals surface area contributed by atoms with Crippen molar-refractivity contribution in [1.82, 2.24) is 0 Å². The molecule has 2 heteroatoms. The highest BCUT2D eigenvalue weighted by Crippen LogP contribution is 2.29. The van der Waals surface area contributed by atoms with Gasteiger partial charge in [0, 0.05) is 5.39 Å². The van der Waals surface area contributed by atoms with Crippen LogP contribution in [0.5, 0.6) is 0 Å². The average molecular weight is 342 g/mol. The Labute approximate surface area is 151 Å². The molecule has 4 rings (SSSR count). The zero-order valence-corrected chi connectivity index (χ0v) is 14.0. The molecule has 0 heterocycles. The molecule has 126 valence electrons. The fourth-order valence-electron chi connectivity index (χ4n) is 3.11. The SMILES string of the molecule is C=Cc1ccc(-c2ccc(-c3ccc4c(F)c(F)ccc4c3)cc2)cc1. The Kier molecular flexibility index (Phi) is 4.10. The minimum Gasteiger partial charge on any atom is -0.204 e. The molecule has 0 bridgehead atoms. The number of hydrogen-bond donors (Lipinski definition) is 0. The van der Waals surface area contributed by atoms with Gasteiger partial charge in [-0.05, 0) is 45.3 Å². The van der Waals surface area contributed by atoms with Crippen molar-refractivity contribution in [1.29, 1.82) is 0 Å². The zero-order valence-electron chi connectivity index (χ0n) is 14.0. The molecular formula is C24H16F2. The van der Waals surface area contributed by atoms with Gasteiger partial charge >= 0.3 is 0 Å². The van der Waals surface area contributed by atoms with E-state index in [1.165, 1.54) is 0 Å². The second-order valence-electron chi connectivity index (χ2n) is 6.20. The van der Waals surface area contributed by atoms with Crippen molar-refractivity contribution in [2.75, 3.05) is 0 Å². The average Bonchev–Trinajstić information content (AvgIpc) is 2.71. The normalized spacial score (nSPS) is 10.8. The first-order valence-corrected chi connectivity index (χ1v) is 8.37.